The molecule has 1 heterocycles. The Morgan fingerprint density at radius 3 is 2.38 bits per heavy atom. The lowest BCUT2D eigenvalue weighted by atomic mass is 9.95. The number of aryl methyl sites for hydroxylation is 3. The SMILES string of the molecule is Cc1ccc(-c2nc(C(=O)NC3CCCCC3)nn2-c2ccc(C)c(C)c2)cc1. The molecule has 1 aromatic heterocycles. The first kappa shape index (κ1) is 19.4. The maximum absolute atomic E-state index is 12.9. The smallest absolute Gasteiger partial charge is 0.291 e. The van der Waals surface area contributed by atoms with Crippen molar-refractivity contribution in [1.29, 1.82) is 0 Å². The Balaban J connectivity index is 1.72. The number of hydrogen-bond acceptors (Lipinski definition) is 3. The molecule has 0 saturated heterocycles. The minimum atomic E-state index is -0.187. The Bertz CT molecular complexity index is 1010. The summed E-state index contributed by atoms with van der Waals surface area (Å²) in [4.78, 5) is 17.5. The van der Waals surface area contributed by atoms with Crippen LogP contribution in [0.5, 0.6) is 0 Å². The zero-order valence-corrected chi connectivity index (χ0v) is 17.4. The van der Waals surface area contributed by atoms with E-state index in [2.05, 4.69) is 60.4 Å². The van der Waals surface area contributed by atoms with Gasteiger partial charge < -0.3 is 5.32 Å². The molecule has 0 unspecified atom stereocenters. The first-order chi connectivity index (χ1) is 14.0. The van der Waals surface area contributed by atoms with Gasteiger partial charge in [0, 0.05) is 11.6 Å². The fourth-order valence-corrected chi connectivity index (χ4v) is 3.83. The van der Waals surface area contributed by atoms with E-state index < -0.39 is 0 Å². The normalized spacial score (nSPS) is 14.7. The maximum Gasteiger partial charge on any atom is 0.291 e. The fourth-order valence-electron chi connectivity index (χ4n) is 3.83. The van der Waals surface area contributed by atoms with Crippen molar-refractivity contribution in [2.24, 2.45) is 0 Å². The Morgan fingerprint density at radius 1 is 0.966 bits per heavy atom. The second-order valence-corrected chi connectivity index (χ2v) is 8.11. The number of carbonyl (C=O) groups is 1. The van der Waals surface area contributed by atoms with Crippen molar-refractivity contribution < 1.29 is 4.79 Å². The molecule has 1 aliphatic rings. The van der Waals surface area contributed by atoms with Gasteiger partial charge in [0.15, 0.2) is 5.82 Å². The quantitative estimate of drug-likeness (QED) is 0.690. The van der Waals surface area contributed by atoms with Crippen LogP contribution < -0.4 is 5.32 Å². The van der Waals surface area contributed by atoms with Crippen molar-refractivity contribution in [3.63, 3.8) is 0 Å². The number of nitrogens with one attached hydrogen (secondary N) is 1. The Labute approximate surface area is 172 Å². The van der Waals surface area contributed by atoms with E-state index in [1.54, 1.807) is 4.68 Å². The van der Waals surface area contributed by atoms with Gasteiger partial charge in [-0.15, -0.1) is 5.10 Å². The van der Waals surface area contributed by atoms with Crippen molar-refractivity contribution in [2.75, 3.05) is 0 Å². The molecule has 1 fully saturated rings. The van der Waals surface area contributed by atoms with Gasteiger partial charge in [-0.3, -0.25) is 4.79 Å². The Kier molecular flexibility index (Phi) is 5.47. The highest BCUT2D eigenvalue weighted by Gasteiger charge is 2.22. The summed E-state index contributed by atoms with van der Waals surface area (Å²) in [6, 6.07) is 14.6. The van der Waals surface area contributed by atoms with Crippen molar-refractivity contribution in [3.8, 4) is 17.1 Å². The van der Waals surface area contributed by atoms with E-state index in [-0.39, 0.29) is 17.8 Å². The molecule has 1 N–H and O–H groups in total. The number of hydrogen-bond donors (Lipinski definition) is 1. The molecule has 150 valence electrons. The molecule has 3 aromatic rings. The average Bonchev–Trinajstić information content (AvgIpc) is 3.17. The molecule has 0 atom stereocenters. The number of amides is 1. The number of nitrogens with zero attached hydrogens (tertiary/aromatic N) is 3. The van der Waals surface area contributed by atoms with E-state index in [0.717, 1.165) is 24.1 Å². The standard InChI is InChI=1S/C24H28N4O/c1-16-9-12-19(13-10-16)23-26-22(24(29)25-20-7-5-4-6-8-20)27-28(23)21-14-11-17(2)18(3)15-21/h9-15,20H,4-8H2,1-3H3,(H,25,29). The van der Waals surface area contributed by atoms with Crippen LogP contribution in [0.2, 0.25) is 0 Å². The molecule has 2 aromatic carbocycles. The van der Waals surface area contributed by atoms with Crippen LogP contribution in [0.1, 0.15) is 59.4 Å². The van der Waals surface area contributed by atoms with Crippen LogP contribution in [0.15, 0.2) is 42.5 Å². The summed E-state index contributed by atoms with van der Waals surface area (Å²) in [6.45, 7) is 6.23. The highest BCUT2D eigenvalue weighted by Crippen LogP contribution is 2.24. The predicted molar refractivity (Wildman–Crippen MR) is 115 cm³/mol. The van der Waals surface area contributed by atoms with E-state index in [9.17, 15) is 4.79 Å². The molecule has 29 heavy (non-hydrogen) atoms. The highest BCUT2D eigenvalue weighted by atomic mass is 16.2. The topological polar surface area (TPSA) is 59.8 Å². The zero-order valence-electron chi connectivity index (χ0n) is 17.4. The maximum atomic E-state index is 12.9. The summed E-state index contributed by atoms with van der Waals surface area (Å²) in [6.07, 6.45) is 5.67. The van der Waals surface area contributed by atoms with E-state index >= 15 is 0 Å². The van der Waals surface area contributed by atoms with Crippen molar-refractivity contribution in [2.45, 2.75) is 58.9 Å². The number of carbonyl (C=O) groups excluding carboxylic acids is 1. The van der Waals surface area contributed by atoms with Crippen LogP contribution in [0.3, 0.4) is 0 Å². The molecule has 0 aliphatic heterocycles. The van der Waals surface area contributed by atoms with Crippen molar-refractivity contribution >= 4 is 5.91 Å². The molecule has 1 saturated carbocycles. The molecule has 5 nitrogen and oxygen atoms in total. The largest absolute Gasteiger partial charge is 0.347 e. The van der Waals surface area contributed by atoms with Gasteiger partial charge in [-0.25, -0.2) is 9.67 Å². The summed E-state index contributed by atoms with van der Waals surface area (Å²) < 4.78 is 1.78. The Morgan fingerprint density at radius 2 is 1.69 bits per heavy atom. The van der Waals surface area contributed by atoms with Gasteiger partial charge in [-0.2, -0.15) is 0 Å². The molecule has 5 heteroatoms. The van der Waals surface area contributed by atoms with Gasteiger partial charge in [0.1, 0.15) is 0 Å². The molecule has 0 bridgehead atoms. The highest BCUT2D eigenvalue weighted by molar-refractivity contribution is 5.91. The number of rotatable bonds is 4. The summed E-state index contributed by atoms with van der Waals surface area (Å²) in [5.74, 6) is 0.722. The van der Waals surface area contributed by atoms with Crippen LogP contribution in [0.4, 0.5) is 0 Å². The average molecular weight is 389 g/mol. The van der Waals surface area contributed by atoms with Crippen molar-refractivity contribution in [3.05, 3.63) is 65.0 Å². The van der Waals surface area contributed by atoms with Gasteiger partial charge in [-0.1, -0.05) is 55.2 Å². The molecular weight excluding hydrogens is 360 g/mol. The van der Waals surface area contributed by atoms with Gasteiger partial charge in [-0.05, 0) is 56.9 Å². The minimum Gasteiger partial charge on any atom is -0.347 e. The van der Waals surface area contributed by atoms with Crippen molar-refractivity contribution in [1.82, 2.24) is 20.1 Å². The summed E-state index contributed by atoms with van der Waals surface area (Å²) in [5, 5.41) is 7.74. The third-order valence-corrected chi connectivity index (χ3v) is 5.80. The lowest BCUT2D eigenvalue weighted by molar-refractivity contribution is 0.0917. The predicted octanol–water partition coefficient (Wildman–Crippen LogP) is 4.92. The lowest BCUT2D eigenvalue weighted by Crippen LogP contribution is -2.36. The number of benzene rings is 2. The van der Waals surface area contributed by atoms with Crippen LogP contribution >= 0.6 is 0 Å². The van der Waals surface area contributed by atoms with Gasteiger partial charge in [0.25, 0.3) is 5.91 Å². The van der Waals surface area contributed by atoms with E-state index in [1.807, 2.05) is 18.2 Å². The van der Waals surface area contributed by atoms with Crippen LogP contribution in [-0.4, -0.2) is 26.7 Å². The van der Waals surface area contributed by atoms with E-state index in [4.69, 9.17) is 0 Å². The zero-order chi connectivity index (χ0) is 20.4. The third kappa shape index (κ3) is 4.24. The fraction of sp³-hybridized carbons (Fsp3) is 0.375. The molecule has 1 amide bonds. The molecule has 0 spiro atoms. The van der Waals surface area contributed by atoms with Crippen LogP contribution in [0, 0.1) is 20.8 Å². The molecule has 4 rings (SSSR count). The molecule has 1 aliphatic carbocycles. The van der Waals surface area contributed by atoms with Gasteiger partial charge in [0.2, 0.25) is 5.82 Å². The minimum absolute atomic E-state index is 0.187. The summed E-state index contributed by atoms with van der Waals surface area (Å²) in [7, 11) is 0. The summed E-state index contributed by atoms with van der Waals surface area (Å²) >= 11 is 0. The van der Waals surface area contributed by atoms with Crippen LogP contribution in [0.25, 0.3) is 17.1 Å². The molecular formula is C24H28N4O. The second-order valence-electron chi connectivity index (χ2n) is 8.11. The van der Waals surface area contributed by atoms with E-state index in [0.29, 0.717) is 5.82 Å². The first-order valence-electron chi connectivity index (χ1n) is 10.4. The van der Waals surface area contributed by atoms with Gasteiger partial charge in [0.05, 0.1) is 5.69 Å². The molecule has 0 radical (unpaired) electrons. The Hall–Kier alpha value is -2.95. The van der Waals surface area contributed by atoms with Gasteiger partial charge >= 0.3 is 0 Å². The lowest BCUT2D eigenvalue weighted by Gasteiger charge is -2.21. The van der Waals surface area contributed by atoms with E-state index in [1.165, 1.54) is 36.0 Å². The second kappa shape index (κ2) is 8.19. The third-order valence-electron chi connectivity index (χ3n) is 5.80. The van der Waals surface area contributed by atoms with Crippen LogP contribution in [-0.2, 0) is 0 Å². The summed E-state index contributed by atoms with van der Waals surface area (Å²) in [5.41, 5.74) is 5.44. The monoisotopic (exact) mass is 388 g/mol. The first-order valence-corrected chi connectivity index (χ1v) is 10.4. The number of aromatic nitrogens is 3.